The lowest BCUT2D eigenvalue weighted by Crippen LogP contribution is -2.18. The number of anilines is 2. The summed E-state index contributed by atoms with van der Waals surface area (Å²) in [6.45, 7) is 2.79. The summed E-state index contributed by atoms with van der Waals surface area (Å²) in [6, 6.07) is 5.75. The zero-order chi connectivity index (χ0) is 14.7. The molecule has 0 saturated carbocycles. The fraction of sp³-hybridized carbons (Fsp3) is 0.333. The van der Waals surface area contributed by atoms with Gasteiger partial charge in [-0.25, -0.2) is 9.78 Å². The van der Waals surface area contributed by atoms with Gasteiger partial charge in [0.05, 0.1) is 17.4 Å². The summed E-state index contributed by atoms with van der Waals surface area (Å²) in [6.07, 6.45) is 4.32. The van der Waals surface area contributed by atoms with Crippen LogP contribution in [0.3, 0.4) is 0 Å². The molecular formula is C15H17N3O2S. The van der Waals surface area contributed by atoms with Crippen molar-refractivity contribution >= 4 is 28.8 Å². The molecule has 21 heavy (non-hydrogen) atoms. The van der Waals surface area contributed by atoms with Crippen LogP contribution in [-0.2, 0) is 6.54 Å². The molecule has 1 fully saturated rings. The van der Waals surface area contributed by atoms with Gasteiger partial charge in [-0.3, -0.25) is 0 Å². The molecule has 0 spiro atoms. The van der Waals surface area contributed by atoms with Gasteiger partial charge < -0.3 is 15.3 Å². The second kappa shape index (κ2) is 6.13. The molecule has 2 aromatic rings. The molecule has 0 radical (unpaired) electrons. The molecule has 0 amide bonds. The summed E-state index contributed by atoms with van der Waals surface area (Å²) in [5, 5.41) is 13.8. The average molecular weight is 303 g/mol. The number of hydrogen-bond acceptors (Lipinski definition) is 5. The molecular weight excluding hydrogens is 286 g/mol. The van der Waals surface area contributed by atoms with E-state index in [2.05, 4.69) is 15.2 Å². The Kier molecular flexibility index (Phi) is 4.06. The number of carbonyl (C=O) groups is 1. The van der Waals surface area contributed by atoms with E-state index in [0.717, 1.165) is 29.5 Å². The second-order valence-electron chi connectivity index (χ2n) is 5.06. The average Bonchev–Trinajstić information content (AvgIpc) is 3.17. The largest absolute Gasteiger partial charge is 0.478 e. The number of nitrogens with one attached hydrogen (secondary N) is 1. The van der Waals surface area contributed by atoms with Crippen LogP contribution in [0.4, 0.5) is 11.5 Å². The number of aromatic nitrogens is 1. The number of pyridine rings is 1. The van der Waals surface area contributed by atoms with Gasteiger partial charge in [0, 0.05) is 29.9 Å². The summed E-state index contributed by atoms with van der Waals surface area (Å²) in [7, 11) is 0. The van der Waals surface area contributed by atoms with E-state index in [1.54, 1.807) is 11.4 Å². The fourth-order valence-electron chi connectivity index (χ4n) is 2.40. The van der Waals surface area contributed by atoms with E-state index < -0.39 is 5.97 Å². The maximum absolute atomic E-state index is 10.8. The lowest BCUT2D eigenvalue weighted by molar-refractivity contribution is 0.0697. The highest BCUT2D eigenvalue weighted by Crippen LogP contribution is 2.20. The standard InChI is InChI=1S/C15H17N3O2S/c19-15(20)11-7-13(21-10-11)9-16-12-3-4-14(17-8-12)18-5-1-2-6-18/h3-4,7-8,10,16H,1-2,5-6,9H2,(H,19,20). The van der Waals surface area contributed by atoms with Crippen LogP contribution in [0, 0.1) is 0 Å². The van der Waals surface area contributed by atoms with Crippen molar-refractivity contribution < 1.29 is 9.90 Å². The zero-order valence-corrected chi connectivity index (χ0v) is 12.4. The molecule has 0 aromatic carbocycles. The Labute approximate surface area is 127 Å². The minimum Gasteiger partial charge on any atom is -0.478 e. The molecule has 5 nitrogen and oxygen atoms in total. The molecule has 1 saturated heterocycles. The lowest BCUT2D eigenvalue weighted by atomic mass is 10.3. The van der Waals surface area contributed by atoms with Crippen LogP contribution < -0.4 is 10.2 Å². The van der Waals surface area contributed by atoms with E-state index in [4.69, 9.17) is 5.11 Å². The second-order valence-corrected chi connectivity index (χ2v) is 6.06. The highest BCUT2D eigenvalue weighted by Gasteiger charge is 2.13. The van der Waals surface area contributed by atoms with E-state index >= 15 is 0 Å². The minimum absolute atomic E-state index is 0.347. The van der Waals surface area contributed by atoms with Gasteiger partial charge in [0.25, 0.3) is 0 Å². The first-order valence-corrected chi connectivity index (χ1v) is 7.86. The molecule has 3 rings (SSSR count). The number of hydrogen-bond donors (Lipinski definition) is 2. The lowest BCUT2D eigenvalue weighted by Gasteiger charge is -2.16. The first-order valence-electron chi connectivity index (χ1n) is 6.98. The topological polar surface area (TPSA) is 65.5 Å². The van der Waals surface area contributed by atoms with E-state index in [1.807, 2.05) is 18.3 Å². The van der Waals surface area contributed by atoms with Crippen LogP contribution >= 0.6 is 11.3 Å². The summed E-state index contributed by atoms with van der Waals surface area (Å²) in [5.74, 6) is 0.150. The molecule has 0 atom stereocenters. The Bertz CT molecular complexity index is 618. The third-order valence-corrected chi connectivity index (χ3v) is 4.48. The number of thiophene rings is 1. The zero-order valence-electron chi connectivity index (χ0n) is 11.6. The number of carboxylic acids is 1. The maximum atomic E-state index is 10.8. The van der Waals surface area contributed by atoms with Crippen molar-refractivity contribution in [2.75, 3.05) is 23.3 Å². The normalized spacial score (nSPS) is 14.4. The minimum atomic E-state index is -0.880. The van der Waals surface area contributed by atoms with Crippen LogP contribution in [-0.4, -0.2) is 29.1 Å². The van der Waals surface area contributed by atoms with Crippen molar-refractivity contribution in [3.05, 3.63) is 40.2 Å². The first kappa shape index (κ1) is 13.9. The van der Waals surface area contributed by atoms with Gasteiger partial charge in [0.2, 0.25) is 0 Å². The molecule has 1 aliphatic rings. The van der Waals surface area contributed by atoms with E-state index in [1.165, 1.54) is 24.2 Å². The molecule has 2 aromatic heterocycles. The van der Waals surface area contributed by atoms with Gasteiger partial charge in [-0.15, -0.1) is 11.3 Å². The van der Waals surface area contributed by atoms with Crippen molar-refractivity contribution in [2.45, 2.75) is 19.4 Å². The predicted molar refractivity (Wildman–Crippen MR) is 84.3 cm³/mol. The number of carboxylic acid groups (broad SMARTS) is 1. The maximum Gasteiger partial charge on any atom is 0.336 e. The van der Waals surface area contributed by atoms with Gasteiger partial charge in [0.1, 0.15) is 5.82 Å². The third-order valence-electron chi connectivity index (χ3n) is 3.55. The van der Waals surface area contributed by atoms with Gasteiger partial charge in [-0.1, -0.05) is 0 Å². The Morgan fingerprint density at radius 1 is 1.38 bits per heavy atom. The number of nitrogens with zero attached hydrogens (tertiary/aromatic N) is 2. The highest BCUT2D eigenvalue weighted by atomic mass is 32.1. The van der Waals surface area contributed by atoms with Gasteiger partial charge >= 0.3 is 5.97 Å². The molecule has 1 aliphatic heterocycles. The predicted octanol–water partition coefficient (Wildman–Crippen LogP) is 3.05. The summed E-state index contributed by atoms with van der Waals surface area (Å²) >= 11 is 1.45. The van der Waals surface area contributed by atoms with Crippen molar-refractivity contribution in [3.8, 4) is 0 Å². The quantitative estimate of drug-likeness (QED) is 0.888. The smallest absolute Gasteiger partial charge is 0.336 e. The Balaban J connectivity index is 1.58. The van der Waals surface area contributed by atoms with Crippen molar-refractivity contribution in [1.82, 2.24) is 4.98 Å². The highest BCUT2D eigenvalue weighted by molar-refractivity contribution is 7.10. The van der Waals surface area contributed by atoms with E-state index in [9.17, 15) is 4.79 Å². The van der Waals surface area contributed by atoms with Crippen LogP contribution in [0.15, 0.2) is 29.8 Å². The Hall–Kier alpha value is -2.08. The van der Waals surface area contributed by atoms with E-state index in [-0.39, 0.29) is 0 Å². The third kappa shape index (κ3) is 3.33. The Morgan fingerprint density at radius 2 is 2.19 bits per heavy atom. The van der Waals surface area contributed by atoms with Crippen LogP contribution in [0.1, 0.15) is 28.1 Å². The van der Waals surface area contributed by atoms with Crippen LogP contribution in [0.5, 0.6) is 0 Å². The van der Waals surface area contributed by atoms with Crippen molar-refractivity contribution in [3.63, 3.8) is 0 Å². The van der Waals surface area contributed by atoms with E-state index in [0.29, 0.717) is 12.1 Å². The molecule has 2 N–H and O–H groups in total. The summed E-state index contributed by atoms with van der Waals surface area (Å²) in [4.78, 5) is 18.6. The molecule has 3 heterocycles. The first-order chi connectivity index (χ1) is 10.2. The molecule has 110 valence electrons. The molecule has 0 unspecified atom stereocenters. The summed E-state index contributed by atoms with van der Waals surface area (Å²) < 4.78 is 0. The van der Waals surface area contributed by atoms with Crippen molar-refractivity contribution in [2.24, 2.45) is 0 Å². The number of aromatic carboxylic acids is 1. The summed E-state index contributed by atoms with van der Waals surface area (Å²) in [5.41, 5.74) is 1.29. The van der Waals surface area contributed by atoms with Crippen molar-refractivity contribution in [1.29, 1.82) is 0 Å². The monoisotopic (exact) mass is 303 g/mol. The number of rotatable bonds is 5. The van der Waals surface area contributed by atoms with Gasteiger partial charge in [-0.2, -0.15) is 0 Å². The van der Waals surface area contributed by atoms with Crippen LogP contribution in [0.25, 0.3) is 0 Å². The van der Waals surface area contributed by atoms with Gasteiger partial charge in [-0.05, 0) is 31.0 Å². The molecule has 0 bridgehead atoms. The van der Waals surface area contributed by atoms with Crippen LogP contribution in [0.2, 0.25) is 0 Å². The molecule has 0 aliphatic carbocycles. The Morgan fingerprint density at radius 3 is 2.81 bits per heavy atom. The SMILES string of the molecule is O=C(O)c1csc(CNc2ccc(N3CCCC3)nc2)c1. The fourth-order valence-corrected chi connectivity index (χ4v) is 3.20. The molecule has 6 heteroatoms. The van der Waals surface area contributed by atoms with Gasteiger partial charge in [0.15, 0.2) is 0 Å².